The molecule has 1 fully saturated rings. The van der Waals surface area contributed by atoms with Gasteiger partial charge in [0.1, 0.15) is 11.6 Å². The van der Waals surface area contributed by atoms with Crippen molar-refractivity contribution in [1.82, 2.24) is 10.2 Å². The highest BCUT2D eigenvalue weighted by Gasteiger charge is 2.41. The molecule has 1 aromatic carbocycles. The zero-order valence-corrected chi connectivity index (χ0v) is 13.8. The number of carbonyl (C=O) groups excluding carboxylic acids is 3. The molecular formula is C17H19FN2O4. The summed E-state index contributed by atoms with van der Waals surface area (Å²) < 4.78 is 19.9. The van der Waals surface area contributed by atoms with Crippen LogP contribution in [0.2, 0.25) is 0 Å². The molecule has 0 spiro atoms. The molecule has 2 aliphatic rings. The van der Waals surface area contributed by atoms with Crippen molar-refractivity contribution in [2.75, 3.05) is 0 Å². The first kappa shape index (κ1) is 16.4. The fraction of sp³-hybridized carbons (Fsp3) is 0.471. The molecule has 0 aliphatic carbocycles. The van der Waals surface area contributed by atoms with Gasteiger partial charge in [0.15, 0.2) is 11.6 Å². The largest absolute Gasteiger partial charge is 0.485 e. The molecule has 0 bridgehead atoms. The van der Waals surface area contributed by atoms with Crippen molar-refractivity contribution in [1.29, 1.82) is 0 Å². The topological polar surface area (TPSA) is 75.7 Å². The quantitative estimate of drug-likeness (QED) is 0.836. The molecule has 1 N–H and O–H groups in total. The van der Waals surface area contributed by atoms with Gasteiger partial charge in [0.05, 0.1) is 6.54 Å². The van der Waals surface area contributed by atoms with Crippen molar-refractivity contribution in [3.05, 3.63) is 29.1 Å². The third-order valence-corrected chi connectivity index (χ3v) is 4.03. The number of ether oxygens (including phenoxy) is 1. The predicted octanol–water partition coefficient (Wildman–Crippen LogP) is 1.76. The van der Waals surface area contributed by atoms with E-state index >= 15 is 0 Å². The maximum absolute atomic E-state index is 14.2. The van der Waals surface area contributed by atoms with Crippen LogP contribution in [0.5, 0.6) is 5.75 Å². The van der Waals surface area contributed by atoms with Crippen LogP contribution < -0.4 is 10.1 Å². The lowest BCUT2D eigenvalue weighted by Crippen LogP contribution is -2.52. The summed E-state index contributed by atoms with van der Waals surface area (Å²) in [5, 5.41) is 2.24. The van der Waals surface area contributed by atoms with E-state index in [9.17, 15) is 18.8 Å². The van der Waals surface area contributed by atoms with Crippen LogP contribution in [0, 0.1) is 5.82 Å². The SMILES string of the molecule is CC(C)(C)Oc1c(F)ccc2c1CN(C1CCC(=O)NC1=O)C2=O. The average Bonchev–Trinajstić information content (AvgIpc) is 2.78. The molecule has 1 saturated heterocycles. The van der Waals surface area contributed by atoms with E-state index in [1.54, 1.807) is 20.8 Å². The number of carbonyl (C=O) groups is 3. The Morgan fingerprint density at radius 1 is 1.25 bits per heavy atom. The van der Waals surface area contributed by atoms with Gasteiger partial charge in [-0.15, -0.1) is 0 Å². The standard InChI is InChI=1S/C17H19FN2O4/c1-17(2,3)24-14-10-8-20(12-6-7-13(21)19-15(12)22)16(23)9(10)4-5-11(14)18/h4-5,12H,6-8H2,1-3H3,(H,19,21,22). The molecule has 6 nitrogen and oxygen atoms in total. The summed E-state index contributed by atoms with van der Waals surface area (Å²) in [6.07, 6.45) is 0.443. The smallest absolute Gasteiger partial charge is 0.255 e. The second-order valence-corrected chi connectivity index (χ2v) is 7.02. The number of rotatable bonds is 2. The Kier molecular flexibility index (Phi) is 3.81. The highest BCUT2D eigenvalue weighted by Crippen LogP contribution is 2.36. The van der Waals surface area contributed by atoms with Crippen molar-refractivity contribution in [2.45, 2.75) is 51.8 Å². The van der Waals surface area contributed by atoms with E-state index in [1.807, 2.05) is 0 Å². The number of hydrogen-bond donors (Lipinski definition) is 1. The molecule has 1 unspecified atom stereocenters. The zero-order chi connectivity index (χ0) is 17.6. The normalized spacial score (nSPS) is 20.9. The average molecular weight is 334 g/mol. The maximum Gasteiger partial charge on any atom is 0.255 e. The summed E-state index contributed by atoms with van der Waals surface area (Å²) in [5.41, 5.74) is 0.154. The van der Waals surface area contributed by atoms with Gasteiger partial charge in [-0.3, -0.25) is 19.7 Å². The Morgan fingerprint density at radius 2 is 1.96 bits per heavy atom. The number of amides is 3. The van der Waals surface area contributed by atoms with Crippen LogP contribution in [-0.2, 0) is 16.1 Å². The van der Waals surface area contributed by atoms with Gasteiger partial charge in [-0.05, 0) is 39.3 Å². The van der Waals surface area contributed by atoms with Crippen molar-refractivity contribution >= 4 is 17.7 Å². The van der Waals surface area contributed by atoms with E-state index in [4.69, 9.17) is 4.74 Å². The number of nitrogens with zero attached hydrogens (tertiary/aromatic N) is 1. The van der Waals surface area contributed by atoms with E-state index in [0.29, 0.717) is 11.1 Å². The van der Waals surface area contributed by atoms with Crippen LogP contribution in [0.1, 0.15) is 49.5 Å². The van der Waals surface area contributed by atoms with E-state index in [0.717, 1.165) is 0 Å². The molecule has 1 aromatic rings. The molecular weight excluding hydrogens is 315 g/mol. The Bertz CT molecular complexity index is 739. The molecule has 2 aliphatic heterocycles. The van der Waals surface area contributed by atoms with Crippen molar-refractivity contribution in [3.8, 4) is 5.75 Å². The van der Waals surface area contributed by atoms with Crippen LogP contribution in [0.15, 0.2) is 12.1 Å². The van der Waals surface area contributed by atoms with Crippen LogP contribution in [0.3, 0.4) is 0 Å². The minimum atomic E-state index is -0.729. The van der Waals surface area contributed by atoms with Gasteiger partial charge in [-0.25, -0.2) is 4.39 Å². The summed E-state index contributed by atoms with van der Waals surface area (Å²) in [4.78, 5) is 37.3. The highest BCUT2D eigenvalue weighted by atomic mass is 19.1. The third kappa shape index (κ3) is 2.86. The molecule has 3 amide bonds. The zero-order valence-electron chi connectivity index (χ0n) is 13.8. The second-order valence-electron chi connectivity index (χ2n) is 7.02. The van der Waals surface area contributed by atoms with Gasteiger partial charge in [0.25, 0.3) is 5.91 Å². The number of piperidine rings is 1. The first-order valence-corrected chi connectivity index (χ1v) is 7.82. The summed E-state index contributed by atoms with van der Waals surface area (Å²) in [6.45, 7) is 5.46. The minimum absolute atomic E-state index is 0.0446. The number of halogens is 1. The number of nitrogens with one attached hydrogen (secondary N) is 1. The first-order valence-electron chi connectivity index (χ1n) is 7.82. The lowest BCUT2D eigenvalue weighted by atomic mass is 10.0. The van der Waals surface area contributed by atoms with E-state index in [1.165, 1.54) is 17.0 Å². The van der Waals surface area contributed by atoms with Gasteiger partial charge in [-0.1, -0.05) is 0 Å². The van der Waals surface area contributed by atoms with Gasteiger partial charge < -0.3 is 9.64 Å². The number of imide groups is 1. The molecule has 7 heteroatoms. The van der Waals surface area contributed by atoms with Crippen LogP contribution >= 0.6 is 0 Å². The molecule has 2 heterocycles. The fourth-order valence-electron chi connectivity index (χ4n) is 3.00. The number of benzene rings is 1. The molecule has 24 heavy (non-hydrogen) atoms. The van der Waals surface area contributed by atoms with E-state index in [-0.39, 0.29) is 37.0 Å². The predicted molar refractivity (Wildman–Crippen MR) is 82.8 cm³/mol. The van der Waals surface area contributed by atoms with Crippen molar-refractivity contribution in [2.24, 2.45) is 0 Å². The Balaban J connectivity index is 1.94. The van der Waals surface area contributed by atoms with Crippen LogP contribution in [0.25, 0.3) is 0 Å². The monoisotopic (exact) mass is 334 g/mol. The van der Waals surface area contributed by atoms with Gasteiger partial charge >= 0.3 is 0 Å². The fourth-order valence-corrected chi connectivity index (χ4v) is 3.00. The van der Waals surface area contributed by atoms with Gasteiger partial charge in [0.2, 0.25) is 11.8 Å². The molecule has 0 saturated carbocycles. The minimum Gasteiger partial charge on any atom is -0.485 e. The lowest BCUT2D eigenvalue weighted by Gasteiger charge is -2.29. The Hall–Kier alpha value is -2.44. The Morgan fingerprint density at radius 3 is 2.58 bits per heavy atom. The number of fused-ring (bicyclic) bond motifs is 1. The van der Waals surface area contributed by atoms with E-state index in [2.05, 4.69) is 5.32 Å². The van der Waals surface area contributed by atoms with Crippen molar-refractivity contribution < 1.29 is 23.5 Å². The second kappa shape index (κ2) is 5.58. The van der Waals surface area contributed by atoms with Gasteiger partial charge in [-0.2, -0.15) is 0 Å². The lowest BCUT2D eigenvalue weighted by molar-refractivity contribution is -0.136. The van der Waals surface area contributed by atoms with Crippen molar-refractivity contribution in [3.63, 3.8) is 0 Å². The molecule has 1 atom stereocenters. The van der Waals surface area contributed by atoms with E-state index < -0.39 is 23.4 Å². The van der Waals surface area contributed by atoms with Crippen LogP contribution in [-0.4, -0.2) is 34.3 Å². The summed E-state index contributed by atoms with van der Waals surface area (Å²) >= 11 is 0. The highest BCUT2D eigenvalue weighted by molar-refractivity contribution is 6.05. The number of hydrogen-bond acceptors (Lipinski definition) is 4. The maximum atomic E-state index is 14.2. The summed E-state index contributed by atoms with van der Waals surface area (Å²) in [6, 6.07) is 1.88. The first-order chi connectivity index (χ1) is 11.2. The van der Waals surface area contributed by atoms with Crippen LogP contribution in [0.4, 0.5) is 4.39 Å². The Labute approximate surface area is 139 Å². The molecule has 3 rings (SSSR count). The molecule has 0 radical (unpaired) electrons. The third-order valence-electron chi connectivity index (χ3n) is 4.03. The summed E-state index contributed by atoms with van der Waals surface area (Å²) in [5.74, 6) is -1.68. The summed E-state index contributed by atoms with van der Waals surface area (Å²) in [7, 11) is 0. The van der Waals surface area contributed by atoms with Gasteiger partial charge in [0, 0.05) is 17.5 Å². The molecule has 128 valence electrons. The molecule has 0 aromatic heterocycles.